The third-order valence-electron chi connectivity index (χ3n) is 4.92. The maximum Gasteiger partial charge on any atom is 0.177 e. The molecule has 0 saturated heterocycles. The van der Waals surface area contributed by atoms with Gasteiger partial charge in [0, 0.05) is 37.8 Å². The number of halogens is 1. The van der Waals surface area contributed by atoms with Gasteiger partial charge in [-0.1, -0.05) is 30.3 Å². The molecule has 4 rings (SSSR count). The number of hydrogen-bond donors (Lipinski definition) is 3. The molecule has 1 aliphatic heterocycles. The molecule has 0 amide bonds. The topological polar surface area (TPSA) is 62.2 Å². The zero-order chi connectivity index (χ0) is 18.6. The molecular weight excluding hydrogens is 394 g/mol. The van der Waals surface area contributed by atoms with E-state index in [4.69, 9.17) is 17.0 Å². The minimum Gasteiger partial charge on any atom is -0.508 e. The number of aromatic amines is 1. The lowest BCUT2D eigenvalue weighted by Crippen LogP contribution is -2.27. The van der Waals surface area contributed by atoms with Crippen LogP contribution in [0.1, 0.15) is 22.9 Å². The SMILES string of the molecule is Cl.Oc1ccc2c(c1)CC(n1c(CCNCc3ccccc3)c[nH]c1=S)CO2. The number of phenols is 1. The first-order valence-electron chi connectivity index (χ1n) is 9.19. The Labute approximate surface area is 175 Å². The Bertz CT molecular complexity index is 971. The van der Waals surface area contributed by atoms with Gasteiger partial charge in [-0.25, -0.2) is 0 Å². The van der Waals surface area contributed by atoms with Crippen LogP contribution in [0.5, 0.6) is 11.5 Å². The average Bonchev–Trinajstić information content (AvgIpc) is 3.06. The average molecular weight is 418 g/mol. The van der Waals surface area contributed by atoms with E-state index in [1.54, 1.807) is 12.1 Å². The van der Waals surface area contributed by atoms with Crippen LogP contribution < -0.4 is 10.1 Å². The predicted molar refractivity (Wildman–Crippen MR) is 115 cm³/mol. The minimum atomic E-state index is 0. The van der Waals surface area contributed by atoms with Crippen molar-refractivity contribution in [2.24, 2.45) is 0 Å². The Balaban J connectivity index is 0.00000225. The number of phenolic OH excluding ortho intramolecular Hbond substituents is 1. The predicted octanol–water partition coefficient (Wildman–Crippen LogP) is 4.18. The molecule has 2 heterocycles. The highest BCUT2D eigenvalue weighted by atomic mass is 35.5. The number of H-pyrrole nitrogens is 1. The van der Waals surface area contributed by atoms with E-state index in [9.17, 15) is 5.11 Å². The molecule has 0 fully saturated rings. The van der Waals surface area contributed by atoms with Gasteiger partial charge in [0.15, 0.2) is 4.77 Å². The Morgan fingerprint density at radius 3 is 2.86 bits per heavy atom. The van der Waals surface area contributed by atoms with Gasteiger partial charge in [0.25, 0.3) is 0 Å². The fraction of sp³-hybridized carbons (Fsp3) is 0.286. The zero-order valence-corrected chi connectivity index (χ0v) is 17.1. The highest BCUT2D eigenvalue weighted by molar-refractivity contribution is 7.71. The third-order valence-corrected chi connectivity index (χ3v) is 5.23. The van der Waals surface area contributed by atoms with Crippen molar-refractivity contribution >= 4 is 24.6 Å². The van der Waals surface area contributed by atoms with Gasteiger partial charge < -0.3 is 24.7 Å². The number of aromatic hydroxyl groups is 1. The summed E-state index contributed by atoms with van der Waals surface area (Å²) < 4.78 is 8.77. The van der Waals surface area contributed by atoms with Crippen LogP contribution in [0.2, 0.25) is 0 Å². The number of imidazole rings is 1. The van der Waals surface area contributed by atoms with Crippen LogP contribution in [-0.2, 0) is 19.4 Å². The lowest BCUT2D eigenvalue weighted by molar-refractivity contribution is 0.220. The molecule has 2 aromatic carbocycles. The van der Waals surface area contributed by atoms with Gasteiger partial charge in [-0.05, 0) is 41.5 Å². The van der Waals surface area contributed by atoms with E-state index in [0.717, 1.165) is 42.9 Å². The third kappa shape index (κ3) is 4.58. The van der Waals surface area contributed by atoms with Crippen LogP contribution in [0.25, 0.3) is 0 Å². The Morgan fingerprint density at radius 2 is 2.04 bits per heavy atom. The van der Waals surface area contributed by atoms with Crippen molar-refractivity contribution in [3.63, 3.8) is 0 Å². The second-order valence-electron chi connectivity index (χ2n) is 6.83. The number of fused-ring (bicyclic) bond motifs is 1. The molecule has 1 aliphatic rings. The maximum atomic E-state index is 9.75. The molecule has 1 unspecified atom stereocenters. The number of nitrogens with zero attached hydrogens (tertiary/aromatic N) is 1. The first-order valence-corrected chi connectivity index (χ1v) is 9.59. The van der Waals surface area contributed by atoms with E-state index in [2.05, 4.69) is 39.1 Å². The van der Waals surface area contributed by atoms with Gasteiger partial charge in [-0.15, -0.1) is 12.4 Å². The summed E-state index contributed by atoms with van der Waals surface area (Å²) in [5, 5.41) is 13.2. The van der Waals surface area contributed by atoms with Crippen molar-refractivity contribution in [2.75, 3.05) is 13.2 Å². The van der Waals surface area contributed by atoms with Crippen molar-refractivity contribution in [3.8, 4) is 11.5 Å². The summed E-state index contributed by atoms with van der Waals surface area (Å²) >= 11 is 5.52. The molecule has 1 aromatic heterocycles. The fourth-order valence-corrected chi connectivity index (χ4v) is 3.91. The molecule has 0 aliphatic carbocycles. The van der Waals surface area contributed by atoms with Crippen LogP contribution >= 0.6 is 24.6 Å². The zero-order valence-electron chi connectivity index (χ0n) is 15.4. The maximum absolute atomic E-state index is 9.75. The summed E-state index contributed by atoms with van der Waals surface area (Å²) in [4.78, 5) is 3.17. The Kier molecular flexibility index (Phi) is 6.78. The van der Waals surface area contributed by atoms with Gasteiger partial charge in [0.2, 0.25) is 0 Å². The lowest BCUT2D eigenvalue weighted by Gasteiger charge is -2.27. The summed E-state index contributed by atoms with van der Waals surface area (Å²) in [6.07, 6.45) is 3.66. The molecule has 28 heavy (non-hydrogen) atoms. The second kappa shape index (κ2) is 9.28. The molecule has 0 radical (unpaired) electrons. The molecule has 3 aromatic rings. The quantitative estimate of drug-likeness (QED) is 0.416. The molecule has 5 nitrogen and oxygen atoms in total. The molecular formula is C21H24ClN3O2S. The van der Waals surface area contributed by atoms with E-state index in [-0.39, 0.29) is 24.2 Å². The van der Waals surface area contributed by atoms with Crippen LogP contribution in [-0.4, -0.2) is 27.8 Å². The van der Waals surface area contributed by atoms with Crippen molar-refractivity contribution < 1.29 is 9.84 Å². The first kappa shape index (κ1) is 20.5. The first-order chi connectivity index (χ1) is 13.2. The number of hydrogen-bond acceptors (Lipinski definition) is 4. The van der Waals surface area contributed by atoms with Crippen molar-refractivity contribution in [1.29, 1.82) is 0 Å². The minimum absolute atomic E-state index is 0. The summed E-state index contributed by atoms with van der Waals surface area (Å²) in [7, 11) is 0. The number of aromatic nitrogens is 2. The number of nitrogens with one attached hydrogen (secondary N) is 2. The summed E-state index contributed by atoms with van der Waals surface area (Å²) in [5.41, 5.74) is 3.46. The summed E-state index contributed by atoms with van der Waals surface area (Å²) in [6, 6.07) is 15.8. The molecule has 0 spiro atoms. The van der Waals surface area contributed by atoms with Gasteiger partial charge in [-0.3, -0.25) is 0 Å². The standard InChI is InChI=1S/C21H23N3O2S.ClH/c25-19-6-7-20-16(11-19)10-18(14-26-20)24-17(13-23-21(24)27)8-9-22-12-15-4-2-1-3-5-15;/h1-7,11,13,18,22,25H,8-10,12,14H2,(H,23,27);1H. The largest absolute Gasteiger partial charge is 0.508 e. The molecule has 3 N–H and O–H groups in total. The second-order valence-corrected chi connectivity index (χ2v) is 7.22. The summed E-state index contributed by atoms with van der Waals surface area (Å²) in [6.45, 7) is 2.30. The Hall–Kier alpha value is -2.28. The molecule has 7 heteroatoms. The molecule has 0 bridgehead atoms. The van der Waals surface area contributed by atoms with E-state index in [1.807, 2.05) is 18.3 Å². The van der Waals surface area contributed by atoms with Crippen LogP contribution in [0.15, 0.2) is 54.7 Å². The van der Waals surface area contributed by atoms with E-state index >= 15 is 0 Å². The van der Waals surface area contributed by atoms with Crippen LogP contribution in [0, 0.1) is 4.77 Å². The van der Waals surface area contributed by atoms with Crippen molar-refractivity contribution in [1.82, 2.24) is 14.9 Å². The van der Waals surface area contributed by atoms with Gasteiger partial charge >= 0.3 is 0 Å². The highest BCUT2D eigenvalue weighted by Crippen LogP contribution is 2.32. The molecule has 0 saturated carbocycles. The number of benzene rings is 2. The van der Waals surface area contributed by atoms with Gasteiger partial charge in [-0.2, -0.15) is 0 Å². The van der Waals surface area contributed by atoms with E-state index in [1.165, 1.54) is 5.56 Å². The van der Waals surface area contributed by atoms with E-state index in [0.29, 0.717) is 11.4 Å². The number of ether oxygens (including phenoxy) is 1. The van der Waals surface area contributed by atoms with Crippen LogP contribution in [0.4, 0.5) is 0 Å². The smallest absolute Gasteiger partial charge is 0.177 e. The fourth-order valence-electron chi connectivity index (χ4n) is 3.58. The normalized spacial score (nSPS) is 15.4. The van der Waals surface area contributed by atoms with Gasteiger partial charge in [0.1, 0.15) is 18.1 Å². The highest BCUT2D eigenvalue weighted by Gasteiger charge is 2.24. The van der Waals surface area contributed by atoms with Crippen molar-refractivity contribution in [3.05, 3.63) is 76.3 Å². The summed E-state index contributed by atoms with van der Waals surface area (Å²) in [5.74, 6) is 1.11. The van der Waals surface area contributed by atoms with Crippen LogP contribution in [0.3, 0.4) is 0 Å². The monoisotopic (exact) mass is 417 g/mol. The van der Waals surface area contributed by atoms with Gasteiger partial charge in [0.05, 0.1) is 6.04 Å². The van der Waals surface area contributed by atoms with Crippen molar-refractivity contribution in [2.45, 2.75) is 25.4 Å². The molecule has 148 valence electrons. The lowest BCUT2D eigenvalue weighted by atomic mass is 10.0. The molecule has 1 atom stereocenters. The Morgan fingerprint density at radius 1 is 1.21 bits per heavy atom. The van der Waals surface area contributed by atoms with E-state index < -0.39 is 0 Å². The number of rotatable bonds is 6.